The zero-order chi connectivity index (χ0) is 38.7. The lowest BCUT2D eigenvalue weighted by Crippen LogP contribution is -2.69. The maximum absolute atomic E-state index is 17.4. The number of rotatable bonds is 21. The number of ether oxygens (including phenoxy) is 2. The third-order valence-corrected chi connectivity index (χ3v) is 13.2. The number of carbonyl (C=O) groups is 4. The Kier molecular flexibility index (Phi) is 15.4. The Morgan fingerprint density at radius 3 is 2.21 bits per heavy atom. The summed E-state index contributed by atoms with van der Waals surface area (Å²) in [7, 11) is 0. The molecule has 0 aromatic rings. The number of allylic oxidation sites excluding steroid dienone is 8. The Morgan fingerprint density at radius 1 is 0.906 bits per heavy atom. The largest absolute Gasteiger partial charge is 0.466 e. The van der Waals surface area contributed by atoms with Gasteiger partial charge in [-0.25, -0.2) is 4.39 Å². The molecule has 0 heterocycles. The molecule has 0 bridgehead atoms. The molecule has 0 aromatic heterocycles. The van der Waals surface area contributed by atoms with Crippen molar-refractivity contribution in [1.82, 2.24) is 0 Å². The third-order valence-electron chi connectivity index (χ3n) is 13.2. The van der Waals surface area contributed by atoms with Crippen LogP contribution in [0.25, 0.3) is 0 Å². The van der Waals surface area contributed by atoms with E-state index in [2.05, 4.69) is 31.2 Å². The molecule has 8 nitrogen and oxygen atoms in total. The molecule has 296 valence electrons. The predicted molar refractivity (Wildman–Crippen MR) is 203 cm³/mol. The van der Waals surface area contributed by atoms with Gasteiger partial charge in [0.05, 0.1) is 25.6 Å². The lowest BCUT2D eigenvalue weighted by molar-refractivity contribution is -0.220. The summed E-state index contributed by atoms with van der Waals surface area (Å²) in [5, 5.41) is 23.6. The number of hydrogen-bond acceptors (Lipinski definition) is 8. The third kappa shape index (κ3) is 9.32. The minimum Gasteiger partial charge on any atom is -0.466 e. The van der Waals surface area contributed by atoms with E-state index in [1.54, 1.807) is 26.8 Å². The molecule has 0 spiro atoms. The van der Waals surface area contributed by atoms with Gasteiger partial charge < -0.3 is 19.7 Å². The zero-order valence-electron chi connectivity index (χ0n) is 32.7. The maximum atomic E-state index is 17.4. The molecule has 0 amide bonds. The molecular formula is C44H65FO8. The van der Waals surface area contributed by atoms with Crippen molar-refractivity contribution in [2.45, 2.75) is 161 Å². The predicted octanol–water partition coefficient (Wildman–Crippen LogP) is 8.58. The van der Waals surface area contributed by atoms with Gasteiger partial charge in [0.25, 0.3) is 0 Å². The van der Waals surface area contributed by atoms with E-state index in [-0.39, 0.29) is 25.0 Å². The number of carbonyl (C=O) groups excluding carboxylic acids is 4. The summed E-state index contributed by atoms with van der Waals surface area (Å²) in [5.74, 6) is -3.77. The van der Waals surface area contributed by atoms with Crippen LogP contribution in [0.2, 0.25) is 0 Å². The van der Waals surface area contributed by atoms with Gasteiger partial charge >= 0.3 is 11.9 Å². The van der Waals surface area contributed by atoms with Crippen LogP contribution >= 0.6 is 0 Å². The van der Waals surface area contributed by atoms with E-state index < -0.39 is 70.3 Å². The standard InChI is InChI=1S/C44H65FO8/c1-5-6-7-8-9-10-11-12-13-14-15-16-17-18-19-20-27-52-39(49)23-24-40(50)53-31-38(48)44(51)32(2)28-36-35-22-21-33-29-34(46)25-26-41(33,3)43(35,45)37(47)30-42(36,44)4/h9-10,12-13,25-26,29,32,35-37,47,51H,5-8,11,14-24,27-28,30-31H2,1-4H3. The molecule has 0 radical (unpaired) electrons. The lowest BCUT2D eigenvalue weighted by Gasteiger charge is -2.62. The van der Waals surface area contributed by atoms with Crippen molar-refractivity contribution in [2.24, 2.45) is 28.6 Å². The first-order valence-electron chi connectivity index (χ1n) is 20.4. The molecule has 0 aliphatic heterocycles. The molecule has 2 N–H and O–H groups in total. The topological polar surface area (TPSA) is 127 Å². The average Bonchev–Trinajstić information content (AvgIpc) is 3.33. The fourth-order valence-electron chi connectivity index (χ4n) is 10.0. The molecule has 8 atom stereocenters. The molecule has 4 aliphatic rings. The summed E-state index contributed by atoms with van der Waals surface area (Å²) in [6.45, 7) is 7.05. The van der Waals surface area contributed by atoms with Crippen molar-refractivity contribution in [1.29, 1.82) is 0 Å². The Labute approximate surface area is 316 Å². The first-order valence-corrected chi connectivity index (χ1v) is 20.4. The Hall–Kier alpha value is -2.91. The highest BCUT2D eigenvalue weighted by Gasteiger charge is 2.75. The summed E-state index contributed by atoms with van der Waals surface area (Å²) in [4.78, 5) is 50.5. The van der Waals surface area contributed by atoms with Crippen LogP contribution in [0.1, 0.15) is 143 Å². The summed E-state index contributed by atoms with van der Waals surface area (Å²) in [6.07, 6.45) is 26.1. The number of fused-ring (bicyclic) bond motifs is 5. The summed E-state index contributed by atoms with van der Waals surface area (Å²) >= 11 is 0. The monoisotopic (exact) mass is 740 g/mol. The van der Waals surface area contributed by atoms with Crippen molar-refractivity contribution in [2.75, 3.05) is 13.2 Å². The fourth-order valence-corrected chi connectivity index (χ4v) is 10.0. The summed E-state index contributed by atoms with van der Waals surface area (Å²) < 4.78 is 27.9. The SMILES string of the molecule is CCCCCC=CCC=CCCCCCCCCOC(=O)CCC(=O)OCC(=O)C1(O)C(C)CC2C3CCC4=CC(=O)C=CC4(C)C3(F)C(O)CC21C. The van der Waals surface area contributed by atoms with Crippen molar-refractivity contribution in [3.8, 4) is 0 Å². The van der Waals surface area contributed by atoms with Crippen molar-refractivity contribution in [3.63, 3.8) is 0 Å². The van der Waals surface area contributed by atoms with Gasteiger partial charge in [-0.1, -0.05) is 95.2 Å². The van der Waals surface area contributed by atoms with Crippen LogP contribution in [0.4, 0.5) is 4.39 Å². The van der Waals surface area contributed by atoms with Crippen LogP contribution in [0.5, 0.6) is 0 Å². The van der Waals surface area contributed by atoms with Gasteiger partial charge in [-0.3, -0.25) is 19.2 Å². The molecule has 9 heteroatoms. The Balaban J connectivity index is 1.12. The van der Waals surface area contributed by atoms with Gasteiger partial charge in [0.1, 0.15) is 5.60 Å². The van der Waals surface area contributed by atoms with E-state index in [1.807, 2.05) is 0 Å². The average molecular weight is 741 g/mol. The molecule has 3 saturated carbocycles. The number of unbranched alkanes of at least 4 members (excludes halogenated alkanes) is 9. The quantitative estimate of drug-likeness (QED) is 0.0681. The molecule has 3 fully saturated rings. The van der Waals surface area contributed by atoms with Crippen LogP contribution in [0.15, 0.2) is 48.1 Å². The van der Waals surface area contributed by atoms with E-state index in [1.165, 1.54) is 50.7 Å². The normalized spacial score (nSPS) is 33.4. The molecule has 0 saturated heterocycles. The van der Waals surface area contributed by atoms with E-state index >= 15 is 4.39 Å². The van der Waals surface area contributed by atoms with Crippen molar-refractivity contribution < 1.29 is 43.3 Å². The Bertz CT molecular complexity index is 1420. The van der Waals surface area contributed by atoms with Gasteiger partial charge in [-0.15, -0.1) is 0 Å². The van der Waals surface area contributed by atoms with Gasteiger partial charge in [0.2, 0.25) is 5.78 Å². The molecular weight excluding hydrogens is 675 g/mol. The summed E-state index contributed by atoms with van der Waals surface area (Å²) in [5.41, 5.74) is -5.69. The second-order valence-corrected chi connectivity index (χ2v) is 16.6. The fraction of sp³-hybridized carbons (Fsp3) is 0.727. The number of ketones is 2. The highest BCUT2D eigenvalue weighted by atomic mass is 19.1. The smallest absolute Gasteiger partial charge is 0.306 e. The zero-order valence-corrected chi connectivity index (χ0v) is 32.7. The number of aliphatic hydroxyl groups excluding tert-OH is 1. The molecule has 4 aliphatic carbocycles. The second kappa shape index (κ2) is 19.1. The van der Waals surface area contributed by atoms with E-state index in [0.29, 0.717) is 31.4 Å². The van der Waals surface area contributed by atoms with Crippen LogP contribution in [0, 0.1) is 28.6 Å². The minimum atomic E-state index is -2.07. The molecule has 53 heavy (non-hydrogen) atoms. The van der Waals surface area contributed by atoms with Gasteiger partial charge in [-0.05, 0) is 95.1 Å². The Morgan fingerprint density at radius 2 is 1.53 bits per heavy atom. The second-order valence-electron chi connectivity index (χ2n) is 16.6. The van der Waals surface area contributed by atoms with Crippen molar-refractivity contribution >= 4 is 23.5 Å². The molecule has 8 unspecified atom stereocenters. The lowest BCUT2D eigenvalue weighted by atomic mass is 9.44. The first kappa shape index (κ1) is 42.8. The van der Waals surface area contributed by atoms with Crippen molar-refractivity contribution in [3.05, 3.63) is 48.1 Å². The minimum absolute atomic E-state index is 0.156. The van der Waals surface area contributed by atoms with Crippen LogP contribution < -0.4 is 0 Å². The number of Topliss-reactive ketones (excluding diaryl/α,β-unsaturated/α-hetero) is 1. The van der Waals surface area contributed by atoms with Crippen LogP contribution in [0.3, 0.4) is 0 Å². The van der Waals surface area contributed by atoms with E-state index in [0.717, 1.165) is 38.5 Å². The van der Waals surface area contributed by atoms with Crippen LogP contribution in [-0.2, 0) is 28.7 Å². The maximum Gasteiger partial charge on any atom is 0.306 e. The number of halogens is 1. The number of hydrogen-bond donors (Lipinski definition) is 2. The highest BCUT2D eigenvalue weighted by Crippen LogP contribution is 2.70. The number of aliphatic hydroxyl groups is 2. The van der Waals surface area contributed by atoms with Gasteiger partial charge in [0.15, 0.2) is 18.1 Å². The highest BCUT2D eigenvalue weighted by molar-refractivity contribution is 6.01. The number of esters is 2. The summed E-state index contributed by atoms with van der Waals surface area (Å²) in [6, 6.07) is 0. The molecule has 4 rings (SSSR count). The molecule has 0 aromatic carbocycles. The number of alkyl halides is 1. The van der Waals surface area contributed by atoms with Crippen LogP contribution in [-0.4, -0.2) is 64.3 Å². The van der Waals surface area contributed by atoms with E-state index in [4.69, 9.17) is 9.47 Å². The van der Waals surface area contributed by atoms with Gasteiger partial charge in [-0.2, -0.15) is 0 Å². The first-order chi connectivity index (χ1) is 25.3. The van der Waals surface area contributed by atoms with Gasteiger partial charge in [0, 0.05) is 16.7 Å². The van der Waals surface area contributed by atoms with E-state index in [9.17, 15) is 29.4 Å².